The van der Waals surface area contributed by atoms with Crippen LogP contribution in [-0.4, -0.2) is 13.1 Å². The first-order valence-corrected chi connectivity index (χ1v) is 11.5. The lowest BCUT2D eigenvalue weighted by Crippen LogP contribution is -2.16. The summed E-state index contributed by atoms with van der Waals surface area (Å²) in [7, 11) is 0. The summed E-state index contributed by atoms with van der Waals surface area (Å²) >= 11 is 0. The number of hydrogen-bond acceptors (Lipinski definition) is 2. The first-order chi connectivity index (χ1) is 12.4. The summed E-state index contributed by atoms with van der Waals surface area (Å²) in [6, 6.07) is 0. The molecule has 0 saturated heterocycles. The van der Waals surface area contributed by atoms with Crippen molar-refractivity contribution >= 4 is 0 Å². The molecule has 0 radical (unpaired) electrons. The summed E-state index contributed by atoms with van der Waals surface area (Å²) in [5.41, 5.74) is 5.42. The van der Waals surface area contributed by atoms with Crippen molar-refractivity contribution in [1.82, 2.24) is 5.32 Å². The van der Waals surface area contributed by atoms with Gasteiger partial charge in [0.2, 0.25) is 0 Å². The van der Waals surface area contributed by atoms with Crippen molar-refractivity contribution in [1.29, 1.82) is 0 Å². The van der Waals surface area contributed by atoms with Crippen LogP contribution in [0.25, 0.3) is 0 Å². The van der Waals surface area contributed by atoms with Crippen molar-refractivity contribution in [3.63, 3.8) is 0 Å². The first kappa shape index (κ1) is 24.5. The molecule has 0 spiro atoms. The number of hydrogen-bond donors (Lipinski definition) is 2. The number of unbranched alkanes of at least 4 members (excludes halogenated alkanes) is 17. The quantitative estimate of drug-likeness (QED) is 0.216. The molecule has 3 N–H and O–H groups in total. The summed E-state index contributed by atoms with van der Waals surface area (Å²) in [6.45, 7) is 3.89. The number of nitrogens with two attached hydrogens (primary N) is 1. The third kappa shape index (κ3) is 23.5. The second-order valence-corrected chi connectivity index (χ2v) is 7.59. The Morgan fingerprint density at radius 3 is 1.40 bits per heavy atom. The Hall–Kier alpha value is -0.500. The van der Waals surface area contributed by atoms with Crippen molar-refractivity contribution in [2.24, 2.45) is 5.73 Å². The van der Waals surface area contributed by atoms with Gasteiger partial charge in [-0.25, -0.2) is 0 Å². The maximum atomic E-state index is 5.42. The minimum atomic E-state index is 0.712. The van der Waals surface area contributed by atoms with Gasteiger partial charge in [-0.15, -0.1) is 0 Å². The van der Waals surface area contributed by atoms with Gasteiger partial charge < -0.3 is 11.1 Å². The summed E-state index contributed by atoms with van der Waals surface area (Å²) in [5, 5.41) is 3.19. The van der Waals surface area contributed by atoms with E-state index in [4.69, 9.17) is 5.73 Å². The van der Waals surface area contributed by atoms with Crippen LogP contribution < -0.4 is 11.1 Å². The Morgan fingerprint density at radius 1 is 0.600 bits per heavy atom. The Kier molecular flexibility index (Phi) is 23.0. The maximum Gasteiger partial charge on any atom is 0.0264 e. The zero-order valence-electron chi connectivity index (χ0n) is 17.4. The van der Waals surface area contributed by atoms with Crippen LogP contribution in [0.3, 0.4) is 0 Å². The van der Waals surface area contributed by atoms with Crippen LogP contribution in [0.2, 0.25) is 0 Å². The van der Waals surface area contributed by atoms with E-state index in [1.165, 1.54) is 116 Å². The second kappa shape index (κ2) is 23.5. The zero-order chi connectivity index (χ0) is 18.3. The Labute approximate surface area is 159 Å². The van der Waals surface area contributed by atoms with Crippen LogP contribution in [0.1, 0.15) is 122 Å². The maximum absolute atomic E-state index is 5.42. The van der Waals surface area contributed by atoms with Crippen molar-refractivity contribution in [2.45, 2.75) is 122 Å². The van der Waals surface area contributed by atoms with Gasteiger partial charge in [0, 0.05) is 13.1 Å². The fourth-order valence-electron chi connectivity index (χ4n) is 3.32. The van der Waals surface area contributed by atoms with Gasteiger partial charge in [0.1, 0.15) is 0 Å². The van der Waals surface area contributed by atoms with E-state index in [0.29, 0.717) is 6.54 Å². The van der Waals surface area contributed by atoms with E-state index >= 15 is 0 Å². The van der Waals surface area contributed by atoms with Gasteiger partial charge in [0.05, 0.1) is 0 Å². The molecule has 0 aromatic heterocycles. The molecule has 0 atom stereocenters. The monoisotopic (exact) mass is 352 g/mol. The van der Waals surface area contributed by atoms with Gasteiger partial charge in [-0.1, -0.05) is 116 Å². The van der Waals surface area contributed by atoms with Crippen molar-refractivity contribution < 1.29 is 0 Å². The molecule has 0 saturated carbocycles. The van der Waals surface area contributed by atoms with Crippen molar-refractivity contribution in [2.75, 3.05) is 13.1 Å². The molecule has 0 rings (SSSR count). The topological polar surface area (TPSA) is 38.0 Å². The van der Waals surface area contributed by atoms with E-state index in [1.807, 2.05) is 0 Å². The van der Waals surface area contributed by atoms with Crippen LogP contribution in [0, 0.1) is 0 Å². The first-order valence-electron chi connectivity index (χ1n) is 11.5. The average Bonchev–Trinajstić information content (AvgIpc) is 2.63. The normalized spacial score (nSPS) is 11.4. The molecule has 0 bridgehead atoms. The number of allylic oxidation sites excluding steroid dienone is 1. The van der Waals surface area contributed by atoms with E-state index in [1.54, 1.807) is 0 Å². The Bertz CT molecular complexity index is 250. The summed E-state index contributed by atoms with van der Waals surface area (Å²) in [5.74, 6) is 0. The smallest absolute Gasteiger partial charge is 0.0264 e. The highest BCUT2D eigenvalue weighted by Gasteiger charge is 1.94. The summed E-state index contributed by atoms with van der Waals surface area (Å²) < 4.78 is 0. The molecule has 150 valence electrons. The molecule has 0 amide bonds. The minimum Gasteiger partial charge on any atom is -0.390 e. The fraction of sp³-hybridized carbons (Fsp3) is 0.913. The predicted octanol–water partition coefficient (Wildman–Crippen LogP) is 7.09. The highest BCUT2D eigenvalue weighted by Crippen LogP contribution is 2.14. The molecule has 0 aromatic rings. The van der Waals surface area contributed by atoms with E-state index in [0.717, 1.165) is 6.54 Å². The van der Waals surface area contributed by atoms with Crippen LogP contribution in [0.15, 0.2) is 12.3 Å². The molecule has 0 fully saturated rings. The highest BCUT2D eigenvalue weighted by atomic mass is 14.8. The van der Waals surface area contributed by atoms with Crippen LogP contribution >= 0.6 is 0 Å². The number of nitrogens with one attached hydrogen (secondary N) is 1. The molecule has 0 aliphatic rings. The zero-order valence-corrected chi connectivity index (χ0v) is 17.4. The molecular formula is C23H48N2. The second-order valence-electron chi connectivity index (χ2n) is 7.59. The van der Waals surface area contributed by atoms with E-state index in [2.05, 4.69) is 24.5 Å². The Morgan fingerprint density at radius 2 is 1.00 bits per heavy atom. The summed E-state index contributed by atoms with van der Waals surface area (Å²) in [6.07, 6.45) is 30.0. The molecule has 2 heteroatoms. The van der Waals surface area contributed by atoms with Crippen LogP contribution in [0.4, 0.5) is 0 Å². The van der Waals surface area contributed by atoms with Gasteiger partial charge in [0.15, 0.2) is 0 Å². The molecular weight excluding hydrogens is 304 g/mol. The van der Waals surface area contributed by atoms with Gasteiger partial charge in [-0.3, -0.25) is 0 Å². The molecule has 0 unspecified atom stereocenters. The lowest BCUT2D eigenvalue weighted by atomic mass is 10.0. The lowest BCUT2D eigenvalue weighted by Gasteiger charge is -2.03. The van der Waals surface area contributed by atoms with Crippen LogP contribution in [-0.2, 0) is 0 Å². The lowest BCUT2D eigenvalue weighted by molar-refractivity contribution is 0.527. The summed E-state index contributed by atoms with van der Waals surface area (Å²) in [4.78, 5) is 0. The minimum absolute atomic E-state index is 0.712. The van der Waals surface area contributed by atoms with E-state index < -0.39 is 0 Å². The molecule has 0 aliphatic heterocycles. The van der Waals surface area contributed by atoms with Gasteiger partial charge >= 0.3 is 0 Å². The molecule has 2 nitrogen and oxygen atoms in total. The molecule has 25 heavy (non-hydrogen) atoms. The van der Waals surface area contributed by atoms with Crippen molar-refractivity contribution in [3.8, 4) is 0 Å². The SMILES string of the molecule is CCCCCCCCCCCCCCCCCCCC=CNCCN. The molecule has 0 aliphatic carbocycles. The highest BCUT2D eigenvalue weighted by molar-refractivity contribution is 4.79. The largest absolute Gasteiger partial charge is 0.390 e. The van der Waals surface area contributed by atoms with Crippen LogP contribution in [0.5, 0.6) is 0 Å². The number of rotatable bonds is 21. The fourth-order valence-corrected chi connectivity index (χ4v) is 3.32. The third-order valence-electron chi connectivity index (χ3n) is 5.00. The van der Waals surface area contributed by atoms with Gasteiger partial charge in [-0.05, 0) is 19.0 Å². The standard InChI is InChI=1S/C23H48N2/c1-2-3-4-5-6-7-8-9-10-11-12-13-14-15-16-17-18-19-20-22-25-23-21-24/h20,22,25H,2-19,21,23-24H2,1H3. The van der Waals surface area contributed by atoms with E-state index in [9.17, 15) is 0 Å². The van der Waals surface area contributed by atoms with Gasteiger partial charge in [0.25, 0.3) is 0 Å². The third-order valence-corrected chi connectivity index (χ3v) is 5.00. The molecule has 0 heterocycles. The molecule has 0 aromatic carbocycles. The van der Waals surface area contributed by atoms with Crippen molar-refractivity contribution in [3.05, 3.63) is 12.3 Å². The average molecular weight is 353 g/mol. The Balaban J connectivity index is 2.99. The van der Waals surface area contributed by atoms with E-state index in [-0.39, 0.29) is 0 Å². The van der Waals surface area contributed by atoms with Gasteiger partial charge in [-0.2, -0.15) is 0 Å². The predicted molar refractivity (Wildman–Crippen MR) is 115 cm³/mol.